The van der Waals surface area contributed by atoms with E-state index >= 15 is 0 Å². The van der Waals surface area contributed by atoms with Gasteiger partial charge in [0.25, 0.3) is 0 Å². The lowest BCUT2D eigenvalue weighted by molar-refractivity contribution is 0.714. The number of hydrogen-bond donors (Lipinski definition) is 0. The van der Waals surface area contributed by atoms with Crippen LogP contribution in [0.4, 0.5) is 17.1 Å². The van der Waals surface area contributed by atoms with E-state index in [0.717, 1.165) is 33.9 Å². The maximum Gasteiger partial charge on any atom is 0.0541 e. The van der Waals surface area contributed by atoms with Gasteiger partial charge in [0.2, 0.25) is 0 Å². The molecule has 0 N–H and O–H groups in total. The lowest BCUT2D eigenvalue weighted by Gasteiger charge is -2.29. The number of rotatable bonds is 9. The Kier molecular flexibility index (Phi) is 10.3. The van der Waals surface area contributed by atoms with Crippen LogP contribution in [0.25, 0.3) is 93.9 Å². The van der Waals surface area contributed by atoms with Gasteiger partial charge in [-0.25, -0.2) is 0 Å². The number of aromatic nitrogens is 1. The zero-order chi connectivity index (χ0) is 49.2. The van der Waals surface area contributed by atoms with Crippen LogP contribution in [0, 0.1) is 0 Å². The summed E-state index contributed by atoms with van der Waals surface area (Å²) in [6.07, 6.45) is 0. The third-order valence-corrected chi connectivity index (χ3v) is 15.7. The fraction of sp³-hybridized carbons (Fsp3) is 0.0278. The summed E-state index contributed by atoms with van der Waals surface area (Å²) in [6, 6.07) is 105. The number of fused-ring (bicyclic) bond motifs is 7. The predicted molar refractivity (Wildman–Crippen MR) is 312 cm³/mol. The van der Waals surface area contributed by atoms with E-state index < -0.39 is 0 Å². The van der Waals surface area contributed by atoms with Crippen LogP contribution in [0.5, 0.6) is 0 Å². The Bertz CT molecular complexity index is 4240. The van der Waals surface area contributed by atoms with E-state index in [1.807, 2.05) is 0 Å². The Hall–Kier alpha value is -9.50. The first-order chi connectivity index (χ1) is 36.6. The van der Waals surface area contributed by atoms with Gasteiger partial charge in [0.15, 0.2) is 0 Å². The topological polar surface area (TPSA) is 8.17 Å². The first-order valence-corrected chi connectivity index (χ1v) is 25.7. The quantitative estimate of drug-likeness (QED) is 0.140. The third kappa shape index (κ3) is 7.02. The molecule has 2 nitrogen and oxygen atoms in total. The summed E-state index contributed by atoms with van der Waals surface area (Å²) in [6.45, 7) is 2.39. The minimum atomic E-state index is -0.278. The molecular formula is C72H50N2. The molecule has 0 spiro atoms. The molecule has 1 heterocycles. The van der Waals surface area contributed by atoms with Crippen molar-refractivity contribution in [1.29, 1.82) is 0 Å². The molecule has 1 aromatic heterocycles. The van der Waals surface area contributed by atoms with E-state index in [4.69, 9.17) is 0 Å². The van der Waals surface area contributed by atoms with Crippen molar-refractivity contribution in [2.24, 2.45) is 0 Å². The van der Waals surface area contributed by atoms with Crippen LogP contribution in [-0.2, 0) is 5.41 Å². The van der Waals surface area contributed by atoms with Crippen LogP contribution in [0.2, 0.25) is 0 Å². The van der Waals surface area contributed by atoms with Gasteiger partial charge in [-0.05, 0) is 151 Å². The summed E-state index contributed by atoms with van der Waals surface area (Å²) in [5.41, 5.74) is 22.6. The lowest BCUT2D eigenvalue weighted by Crippen LogP contribution is -2.22. The molecule has 1 unspecified atom stereocenters. The van der Waals surface area contributed by atoms with Gasteiger partial charge in [-0.2, -0.15) is 0 Å². The molecule has 1 aliphatic carbocycles. The normalized spacial score (nSPS) is 13.8. The lowest BCUT2D eigenvalue weighted by atomic mass is 9.74. The van der Waals surface area contributed by atoms with E-state index in [9.17, 15) is 0 Å². The number of para-hydroxylation sites is 3. The molecule has 14 rings (SSSR count). The van der Waals surface area contributed by atoms with Gasteiger partial charge in [0, 0.05) is 38.8 Å². The molecule has 0 bridgehead atoms. The average Bonchev–Trinajstić information content (AvgIpc) is 3.96. The highest BCUT2D eigenvalue weighted by Crippen LogP contribution is 2.53. The number of nitrogens with zero attached hydrogens (tertiary/aromatic N) is 2. The van der Waals surface area contributed by atoms with Gasteiger partial charge < -0.3 is 9.47 Å². The van der Waals surface area contributed by atoms with Crippen LogP contribution in [0.1, 0.15) is 23.6 Å². The second-order valence-electron chi connectivity index (χ2n) is 19.7. The van der Waals surface area contributed by atoms with Gasteiger partial charge in [-0.1, -0.05) is 218 Å². The van der Waals surface area contributed by atoms with Crippen molar-refractivity contribution >= 4 is 49.6 Å². The van der Waals surface area contributed by atoms with E-state index in [0.29, 0.717) is 0 Å². The van der Waals surface area contributed by atoms with E-state index in [1.54, 1.807) is 0 Å². The average molecular weight is 943 g/mol. The van der Waals surface area contributed by atoms with Gasteiger partial charge in [-0.15, -0.1) is 0 Å². The van der Waals surface area contributed by atoms with Gasteiger partial charge in [0.1, 0.15) is 0 Å². The summed E-state index contributed by atoms with van der Waals surface area (Å²) >= 11 is 0. The molecule has 0 radical (unpaired) electrons. The Labute approximate surface area is 432 Å². The minimum Gasteiger partial charge on any atom is -0.310 e. The first kappa shape index (κ1) is 43.3. The number of hydrogen-bond acceptors (Lipinski definition) is 1. The minimum absolute atomic E-state index is 0.278. The third-order valence-electron chi connectivity index (χ3n) is 15.7. The van der Waals surface area contributed by atoms with Crippen LogP contribution >= 0.6 is 0 Å². The van der Waals surface area contributed by atoms with E-state index in [1.165, 1.54) is 93.8 Å². The highest BCUT2D eigenvalue weighted by atomic mass is 15.1. The molecule has 13 aromatic rings. The first-order valence-electron chi connectivity index (χ1n) is 25.7. The smallest absolute Gasteiger partial charge is 0.0541 e. The second-order valence-corrected chi connectivity index (χ2v) is 19.7. The summed E-state index contributed by atoms with van der Waals surface area (Å²) < 4.78 is 2.38. The van der Waals surface area contributed by atoms with Crippen LogP contribution in [0.15, 0.2) is 285 Å². The van der Waals surface area contributed by atoms with Gasteiger partial charge >= 0.3 is 0 Å². The fourth-order valence-corrected chi connectivity index (χ4v) is 12.1. The Morgan fingerprint density at radius 1 is 0.324 bits per heavy atom. The molecule has 12 aromatic carbocycles. The maximum absolute atomic E-state index is 2.46. The summed E-state index contributed by atoms with van der Waals surface area (Å²) in [5.74, 6) is 0. The highest BCUT2D eigenvalue weighted by Gasteiger charge is 2.40. The van der Waals surface area contributed by atoms with Gasteiger partial charge in [-0.3, -0.25) is 0 Å². The number of benzene rings is 12. The molecule has 0 amide bonds. The number of anilines is 3. The van der Waals surface area contributed by atoms with E-state index in [2.05, 4.69) is 302 Å². The van der Waals surface area contributed by atoms with Crippen molar-refractivity contribution in [3.05, 3.63) is 302 Å². The molecule has 1 atom stereocenters. The molecular weight excluding hydrogens is 893 g/mol. The molecule has 2 heteroatoms. The van der Waals surface area contributed by atoms with E-state index in [-0.39, 0.29) is 5.41 Å². The van der Waals surface area contributed by atoms with Crippen molar-refractivity contribution < 1.29 is 0 Å². The van der Waals surface area contributed by atoms with Crippen LogP contribution in [0.3, 0.4) is 0 Å². The van der Waals surface area contributed by atoms with Crippen LogP contribution < -0.4 is 4.90 Å². The molecule has 0 saturated carbocycles. The summed E-state index contributed by atoms with van der Waals surface area (Å²) in [4.78, 5) is 2.46. The zero-order valence-corrected chi connectivity index (χ0v) is 41.0. The highest BCUT2D eigenvalue weighted by molar-refractivity contribution is 6.11. The van der Waals surface area contributed by atoms with Crippen molar-refractivity contribution in [2.45, 2.75) is 12.3 Å². The van der Waals surface area contributed by atoms with Crippen molar-refractivity contribution in [3.63, 3.8) is 0 Å². The molecule has 0 fully saturated rings. The molecule has 74 heavy (non-hydrogen) atoms. The Balaban J connectivity index is 0.928. The molecule has 0 saturated heterocycles. The SMILES string of the molecule is CC1(c2ccccc2)c2ccccc2-c2ccc(-c3ccc(N(c4cccc(-c5ccc6c(c5)c5ccccc5n6-c5ccccc5)c4)c4ccccc4-c4cccc5cccc(-c6ccccc6)c45)cc3)cc21. The standard InChI is InChI=1S/C72H50N2/c1-72(55-25-7-3-8-26-55)66-35-14-11-30-60(66)61-44-40-54(48-67(61)72)49-38-42-57(43-39-49)73(68-36-15-12-31-62(68)64-34-19-23-51-22-18-33-59(71(51)64)50-20-5-2-6-21-50)58-29-17-24-52(46-58)53-41-45-70-65(47-53)63-32-13-16-37-69(63)74(70)56-27-9-4-10-28-56/h2-48H,1H3. The fourth-order valence-electron chi connectivity index (χ4n) is 12.1. The summed E-state index contributed by atoms with van der Waals surface area (Å²) in [5, 5.41) is 4.92. The predicted octanol–water partition coefficient (Wildman–Crippen LogP) is 19.4. The zero-order valence-electron chi connectivity index (χ0n) is 41.0. The molecule has 0 aliphatic heterocycles. The maximum atomic E-state index is 2.46. The van der Waals surface area contributed by atoms with Crippen molar-refractivity contribution in [1.82, 2.24) is 4.57 Å². The summed E-state index contributed by atoms with van der Waals surface area (Å²) in [7, 11) is 0. The second kappa shape index (κ2) is 17.7. The van der Waals surface area contributed by atoms with Crippen molar-refractivity contribution in [2.75, 3.05) is 4.90 Å². The monoisotopic (exact) mass is 942 g/mol. The molecule has 1 aliphatic rings. The Morgan fingerprint density at radius 2 is 0.892 bits per heavy atom. The van der Waals surface area contributed by atoms with Crippen LogP contribution in [-0.4, -0.2) is 4.57 Å². The largest absolute Gasteiger partial charge is 0.310 e. The molecule has 348 valence electrons. The Morgan fingerprint density at radius 3 is 1.70 bits per heavy atom. The van der Waals surface area contributed by atoms with Crippen molar-refractivity contribution in [3.8, 4) is 61.3 Å². The van der Waals surface area contributed by atoms with Gasteiger partial charge in [0.05, 0.1) is 16.7 Å².